The number of aromatic nitrogens is 1. The standard InChI is InChI=1S/C26H23NO3S/c28-25(12-8-21-4-3-15-27-18-21)17-20-9-13-26(14-10-20)31(29,30)19-22-7-11-23-5-1-2-6-24(23)16-22/h1-7,9-11,13-16,18H,8,12,17,19H2. The van der Waals surface area contributed by atoms with Crippen molar-refractivity contribution >= 4 is 26.4 Å². The van der Waals surface area contributed by atoms with Crippen molar-refractivity contribution in [3.8, 4) is 0 Å². The van der Waals surface area contributed by atoms with Gasteiger partial charge in [0, 0.05) is 25.2 Å². The second kappa shape index (κ2) is 9.23. The zero-order valence-electron chi connectivity index (χ0n) is 17.1. The van der Waals surface area contributed by atoms with Crippen molar-refractivity contribution in [1.29, 1.82) is 0 Å². The Morgan fingerprint density at radius 2 is 1.52 bits per heavy atom. The molecule has 31 heavy (non-hydrogen) atoms. The molecule has 0 fully saturated rings. The average Bonchev–Trinajstić information content (AvgIpc) is 2.78. The van der Waals surface area contributed by atoms with Crippen molar-refractivity contribution in [3.63, 3.8) is 0 Å². The summed E-state index contributed by atoms with van der Waals surface area (Å²) in [6, 6.07) is 24.1. The minimum absolute atomic E-state index is 0.0543. The molecule has 0 aliphatic rings. The molecule has 3 aromatic carbocycles. The van der Waals surface area contributed by atoms with Gasteiger partial charge in [-0.15, -0.1) is 0 Å². The van der Waals surface area contributed by atoms with E-state index < -0.39 is 9.84 Å². The average molecular weight is 430 g/mol. The molecule has 0 aliphatic carbocycles. The molecular weight excluding hydrogens is 406 g/mol. The summed E-state index contributed by atoms with van der Waals surface area (Å²) < 4.78 is 25.7. The molecule has 0 amide bonds. The number of Topliss-reactive ketones (excluding diaryl/α,β-unsaturated/α-hetero) is 1. The summed E-state index contributed by atoms with van der Waals surface area (Å²) in [4.78, 5) is 16.6. The molecule has 0 atom stereocenters. The zero-order valence-corrected chi connectivity index (χ0v) is 17.9. The number of benzene rings is 3. The van der Waals surface area contributed by atoms with Crippen LogP contribution < -0.4 is 0 Å². The summed E-state index contributed by atoms with van der Waals surface area (Å²) in [5, 5.41) is 2.11. The highest BCUT2D eigenvalue weighted by molar-refractivity contribution is 7.90. The van der Waals surface area contributed by atoms with Crippen LogP contribution in [0.3, 0.4) is 0 Å². The highest BCUT2D eigenvalue weighted by atomic mass is 32.2. The quantitative estimate of drug-likeness (QED) is 0.397. The first kappa shape index (κ1) is 20.9. The topological polar surface area (TPSA) is 64.1 Å². The molecule has 0 saturated heterocycles. The normalized spacial score (nSPS) is 11.5. The first-order valence-corrected chi connectivity index (χ1v) is 11.8. The predicted octanol–water partition coefficient (Wildman–Crippen LogP) is 4.95. The molecule has 156 valence electrons. The predicted molar refractivity (Wildman–Crippen MR) is 123 cm³/mol. The number of hydrogen-bond acceptors (Lipinski definition) is 4. The van der Waals surface area contributed by atoms with E-state index in [1.165, 1.54) is 0 Å². The monoisotopic (exact) mass is 429 g/mol. The van der Waals surface area contributed by atoms with Gasteiger partial charge in [-0.05, 0) is 52.1 Å². The molecule has 0 N–H and O–H groups in total. The number of pyridine rings is 1. The van der Waals surface area contributed by atoms with Crippen LogP contribution in [0, 0.1) is 0 Å². The summed E-state index contributed by atoms with van der Waals surface area (Å²) in [5.41, 5.74) is 2.61. The lowest BCUT2D eigenvalue weighted by Crippen LogP contribution is -2.07. The van der Waals surface area contributed by atoms with Crippen LogP contribution in [-0.2, 0) is 33.2 Å². The van der Waals surface area contributed by atoms with Gasteiger partial charge in [-0.1, -0.05) is 60.7 Å². The fraction of sp³-hybridized carbons (Fsp3) is 0.154. The Labute approximate surface area is 182 Å². The van der Waals surface area contributed by atoms with Crippen LogP contribution in [0.4, 0.5) is 0 Å². The van der Waals surface area contributed by atoms with Crippen molar-refractivity contribution in [2.24, 2.45) is 0 Å². The number of carbonyl (C=O) groups excluding carboxylic acids is 1. The summed E-state index contributed by atoms with van der Waals surface area (Å²) >= 11 is 0. The van der Waals surface area contributed by atoms with E-state index in [9.17, 15) is 13.2 Å². The number of hydrogen-bond donors (Lipinski definition) is 0. The van der Waals surface area contributed by atoms with Gasteiger partial charge < -0.3 is 0 Å². The van der Waals surface area contributed by atoms with Crippen LogP contribution in [-0.4, -0.2) is 19.2 Å². The smallest absolute Gasteiger partial charge is 0.182 e. The molecule has 1 heterocycles. The van der Waals surface area contributed by atoms with Crippen LogP contribution >= 0.6 is 0 Å². The highest BCUT2D eigenvalue weighted by Crippen LogP contribution is 2.21. The second-order valence-electron chi connectivity index (χ2n) is 7.66. The fourth-order valence-electron chi connectivity index (χ4n) is 3.59. The van der Waals surface area contributed by atoms with Gasteiger partial charge in [0.05, 0.1) is 10.6 Å². The van der Waals surface area contributed by atoms with E-state index in [1.54, 1.807) is 36.7 Å². The van der Waals surface area contributed by atoms with Crippen LogP contribution in [0.2, 0.25) is 0 Å². The number of nitrogens with zero attached hydrogens (tertiary/aromatic N) is 1. The molecule has 5 heteroatoms. The van der Waals surface area contributed by atoms with E-state index in [1.807, 2.05) is 54.6 Å². The summed E-state index contributed by atoms with van der Waals surface area (Å²) in [6.07, 6.45) is 4.87. The SMILES string of the molecule is O=C(CCc1cccnc1)Cc1ccc(S(=O)(=O)Cc2ccc3ccccc3c2)cc1. The first-order chi connectivity index (χ1) is 15.0. The minimum atomic E-state index is -3.47. The van der Waals surface area contributed by atoms with E-state index in [-0.39, 0.29) is 16.4 Å². The summed E-state index contributed by atoms with van der Waals surface area (Å²) in [5.74, 6) is 0.0666. The van der Waals surface area contributed by atoms with Gasteiger partial charge in [-0.2, -0.15) is 0 Å². The van der Waals surface area contributed by atoms with Crippen molar-refractivity contribution in [1.82, 2.24) is 4.98 Å². The van der Waals surface area contributed by atoms with Gasteiger partial charge in [-0.3, -0.25) is 9.78 Å². The fourth-order valence-corrected chi connectivity index (χ4v) is 4.93. The molecule has 4 nitrogen and oxygen atoms in total. The van der Waals surface area contributed by atoms with Crippen LogP contribution in [0.1, 0.15) is 23.1 Å². The lowest BCUT2D eigenvalue weighted by Gasteiger charge is -2.08. The number of aryl methyl sites for hydroxylation is 1. The van der Waals surface area contributed by atoms with Crippen molar-refractivity contribution in [3.05, 3.63) is 108 Å². The van der Waals surface area contributed by atoms with E-state index in [4.69, 9.17) is 0 Å². The second-order valence-corrected chi connectivity index (χ2v) is 9.65. The third kappa shape index (κ3) is 5.44. The number of sulfone groups is 1. The minimum Gasteiger partial charge on any atom is -0.299 e. The van der Waals surface area contributed by atoms with Gasteiger partial charge in [0.1, 0.15) is 5.78 Å². The lowest BCUT2D eigenvalue weighted by molar-refractivity contribution is -0.118. The van der Waals surface area contributed by atoms with Crippen LogP contribution in [0.25, 0.3) is 10.8 Å². The molecule has 0 aliphatic heterocycles. The number of carbonyl (C=O) groups is 1. The van der Waals surface area contributed by atoms with Crippen molar-refractivity contribution in [2.45, 2.75) is 29.9 Å². The molecule has 0 saturated carbocycles. The van der Waals surface area contributed by atoms with Gasteiger partial charge in [0.2, 0.25) is 0 Å². The Kier molecular flexibility index (Phi) is 6.23. The third-order valence-electron chi connectivity index (χ3n) is 5.27. The molecule has 0 spiro atoms. The molecule has 4 rings (SSSR count). The summed E-state index contributed by atoms with van der Waals surface area (Å²) in [7, 11) is -3.47. The summed E-state index contributed by atoms with van der Waals surface area (Å²) in [6.45, 7) is 0. The third-order valence-corrected chi connectivity index (χ3v) is 6.97. The van der Waals surface area contributed by atoms with E-state index in [2.05, 4.69) is 4.98 Å². The van der Waals surface area contributed by atoms with Crippen LogP contribution in [0.5, 0.6) is 0 Å². The van der Waals surface area contributed by atoms with Crippen molar-refractivity contribution in [2.75, 3.05) is 0 Å². The van der Waals surface area contributed by atoms with Gasteiger partial charge in [0.15, 0.2) is 9.84 Å². The molecular formula is C26H23NO3S. The van der Waals surface area contributed by atoms with Gasteiger partial charge in [-0.25, -0.2) is 8.42 Å². The van der Waals surface area contributed by atoms with E-state index in [0.29, 0.717) is 19.3 Å². The maximum absolute atomic E-state index is 12.9. The Morgan fingerprint density at radius 3 is 2.26 bits per heavy atom. The molecule has 0 unspecified atom stereocenters. The molecule has 0 bridgehead atoms. The van der Waals surface area contributed by atoms with Gasteiger partial charge in [0.25, 0.3) is 0 Å². The van der Waals surface area contributed by atoms with E-state index >= 15 is 0 Å². The molecule has 0 radical (unpaired) electrons. The van der Waals surface area contributed by atoms with Crippen molar-refractivity contribution < 1.29 is 13.2 Å². The Morgan fingerprint density at radius 1 is 0.774 bits per heavy atom. The number of fused-ring (bicyclic) bond motifs is 1. The van der Waals surface area contributed by atoms with E-state index in [0.717, 1.165) is 27.5 Å². The Bertz CT molecular complexity index is 1300. The first-order valence-electron chi connectivity index (χ1n) is 10.2. The Hall–Kier alpha value is -3.31. The lowest BCUT2D eigenvalue weighted by atomic mass is 10.0. The van der Waals surface area contributed by atoms with Gasteiger partial charge >= 0.3 is 0 Å². The Balaban J connectivity index is 1.39. The zero-order chi connectivity index (χ0) is 21.7. The number of rotatable bonds is 8. The maximum atomic E-state index is 12.9. The largest absolute Gasteiger partial charge is 0.299 e. The molecule has 4 aromatic rings. The highest BCUT2D eigenvalue weighted by Gasteiger charge is 2.16. The number of ketones is 1. The van der Waals surface area contributed by atoms with Crippen LogP contribution in [0.15, 0.2) is 96.2 Å². The maximum Gasteiger partial charge on any atom is 0.182 e. The molecule has 1 aromatic heterocycles.